The van der Waals surface area contributed by atoms with Crippen molar-refractivity contribution in [3.05, 3.63) is 22.1 Å². The molecule has 1 rings (SSSR count). The third kappa shape index (κ3) is 13.7. The molecule has 0 aromatic carbocycles. The number of unbranched alkanes of at least 4 members (excludes halogenated alkanes) is 1. The molecule has 2 amide bonds. The minimum atomic E-state index is -0.385. The molecule has 0 aliphatic rings. The molecule has 0 saturated carbocycles. The number of H-pyrrole nitrogens is 1. The van der Waals surface area contributed by atoms with Gasteiger partial charge >= 0.3 is 6.03 Å². The Hall–Kier alpha value is -2.01. The van der Waals surface area contributed by atoms with Crippen molar-refractivity contribution in [3.8, 4) is 0 Å². The van der Waals surface area contributed by atoms with Gasteiger partial charge in [-0.3, -0.25) is 15.1 Å². The Morgan fingerprint density at radius 2 is 1.69 bits per heavy atom. The van der Waals surface area contributed by atoms with E-state index in [0.29, 0.717) is 64.9 Å². The molecular weight excluding hydrogens is 380 g/mol. The highest BCUT2D eigenvalue weighted by molar-refractivity contribution is 5.87. The van der Waals surface area contributed by atoms with Crippen LogP contribution in [0.5, 0.6) is 0 Å². The summed E-state index contributed by atoms with van der Waals surface area (Å²) in [7, 11) is 1.64. The average molecular weight is 415 g/mol. The molecule has 0 spiro atoms. The number of carbonyl (C=O) groups excluding carboxylic acids is 1. The Morgan fingerprint density at radius 3 is 2.34 bits per heavy atom. The second-order valence-electron chi connectivity index (χ2n) is 6.25. The zero-order chi connectivity index (χ0) is 21.2. The number of hydrogen-bond donors (Lipinski definition) is 3. The van der Waals surface area contributed by atoms with Gasteiger partial charge in [0, 0.05) is 32.0 Å². The molecule has 0 fully saturated rings. The van der Waals surface area contributed by atoms with Crippen LogP contribution in [0.3, 0.4) is 0 Å². The smallest absolute Gasteiger partial charge is 0.321 e. The highest BCUT2D eigenvalue weighted by Gasteiger charge is 2.05. The third-order valence-electron chi connectivity index (χ3n) is 3.71. The lowest BCUT2D eigenvalue weighted by Crippen LogP contribution is -2.31. The van der Waals surface area contributed by atoms with Crippen molar-refractivity contribution < 1.29 is 23.7 Å². The molecule has 0 aliphatic carbocycles. The van der Waals surface area contributed by atoms with Gasteiger partial charge in [-0.1, -0.05) is 6.92 Å². The number of aryl methyl sites for hydroxylation is 1. The van der Waals surface area contributed by atoms with E-state index in [-0.39, 0.29) is 17.5 Å². The number of aromatic amines is 1. The van der Waals surface area contributed by atoms with Crippen molar-refractivity contribution in [3.63, 3.8) is 0 Å². The molecule has 0 aliphatic heterocycles. The number of nitrogens with one attached hydrogen (secondary N) is 3. The lowest BCUT2D eigenvalue weighted by Gasteiger charge is -2.08. The first-order chi connectivity index (χ1) is 14.2. The van der Waals surface area contributed by atoms with Crippen LogP contribution in [-0.2, 0) is 25.4 Å². The lowest BCUT2D eigenvalue weighted by molar-refractivity contribution is 0.00328. The van der Waals surface area contributed by atoms with Crippen molar-refractivity contribution in [2.75, 3.05) is 65.2 Å². The van der Waals surface area contributed by atoms with E-state index in [0.717, 1.165) is 19.3 Å². The van der Waals surface area contributed by atoms with E-state index >= 15 is 0 Å². The number of nitrogens with zero attached hydrogens (tertiary/aromatic N) is 1. The van der Waals surface area contributed by atoms with E-state index in [1.54, 1.807) is 7.11 Å². The molecule has 3 N–H and O–H groups in total. The molecule has 0 saturated heterocycles. The van der Waals surface area contributed by atoms with Crippen molar-refractivity contribution >= 4 is 12.0 Å². The van der Waals surface area contributed by atoms with Crippen LogP contribution in [0.1, 0.15) is 31.9 Å². The molecule has 0 unspecified atom stereocenters. The van der Waals surface area contributed by atoms with E-state index in [1.165, 1.54) is 6.07 Å². The van der Waals surface area contributed by atoms with Gasteiger partial charge in [0.05, 0.1) is 39.6 Å². The van der Waals surface area contributed by atoms with Crippen LogP contribution in [0.4, 0.5) is 10.7 Å². The fraction of sp³-hybridized carbons (Fsp3) is 0.737. The third-order valence-corrected chi connectivity index (χ3v) is 3.71. The van der Waals surface area contributed by atoms with Gasteiger partial charge in [0.25, 0.3) is 5.56 Å². The first kappa shape index (κ1) is 25.0. The quantitative estimate of drug-likeness (QED) is 0.328. The van der Waals surface area contributed by atoms with Gasteiger partial charge in [-0.05, 0) is 25.7 Å². The molecule has 0 atom stereocenters. The Kier molecular flexibility index (Phi) is 14.6. The summed E-state index contributed by atoms with van der Waals surface area (Å²) in [6.07, 6.45) is 3.13. The fourth-order valence-electron chi connectivity index (χ4n) is 2.28. The molecule has 10 heteroatoms. The van der Waals surface area contributed by atoms with Crippen LogP contribution in [0.25, 0.3) is 0 Å². The van der Waals surface area contributed by atoms with Gasteiger partial charge in [-0.25, -0.2) is 9.78 Å². The van der Waals surface area contributed by atoms with Gasteiger partial charge in [0.2, 0.25) is 5.95 Å². The van der Waals surface area contributed by atoms with Crippen molar-refractivity contribution in [2.45, 2.75) is 32.6 Å². The Balaban J connectivity index is 2.09. The lowest BCUT2D eigenvalue weighted by atomic mass is 10.2. The van der Waals surface area contributed by atoms with Gasteiger partial charge in [0.15, 0.2) is 0 Å². The Bertz CT molecular complexity index is 611. The number of carbonyl (C=O) groups is 1. The highest BCUT2D eigenvalue weighted by atomic mass is 16.6. The number of hydrogen-bond acceptors (Lipinski definition) is 7. The zero-order valence-electron chi connectivity index (χ0n) is 17.5. The molecule has 1 heterocycles. The second-order valence-corrected chi connectivity index (χ2v) is 6.25. The van der Waals surface area contributed by atoms with Crippen molar-refractivity contribution in [1.82, 2.24) is 15.3 Å². The number of rotatable bonds is 17. The van der Waals surface area contributed by atoms with Crippen LogP contribution in [0.15, 0.2) is 10.9 Å². The molecule has 29 heavy (non-hydrogen) atoms. The zero-order valence-corrected chi connectivity index (χ0v) is 17.5. The van der Waals surface area contributed by atoms with E-state index in [9.17, 15) is 9.59 Å². The van der Waals surface area contributed by atoms with Crippen LogP contribution >= 0.6 is 0 Å². The van der Waals surface area contributed by atoms with E-state index in [1.807, 2.05) is 6.92 Å². The van der Waals surface area contributed by atoms with Crippen LogP contribution in [-0.4, -0.2) is 75.9 Å². The number of ether oxygens (including phenoxy) is 4. The maximum absolute atomic E-state index is 11.7. The topological polar surface area (TPSA) is 124 Å². The minimum Gasteiger partial charge on any atom is -0.382 e. The average Bonchev–Trinajstić information content (AvgIpc) is 2.69. The molecule has 0 radical (unpaired) electrons. The van der Waals surface area contributed by atoms with E-state index in [2.05, 4.69) is 20.6 Å². The Morgan fingerprint density at radius 1 is 1.03 bits per heavy atom. The summed E-state index contributed by atoms with van der Waals surface area (Å²) in [6.45, 7) is 6.42. The summed E-state index contributed by atoms with van der Waals surface area (Å²) in [5.41, 5.74) is 0.344. The minimum absolute atomic E-state index is 0.153. The van der Waals surface area contributed by atoms with E-state index < -0.39 is 0 Å². The highest BCUT2D eigenvalue weighted by Crippen LogP contribution is 2.03. The normalized spacial score (nSPS) is 10.8. The first-order valence-electron chi connectivity index (χ1n) is 10.0. The largest absolute Gasteiger partial charge is 0.382 e. The van der Waals surface area contributed by atoms with Gasteiger partial charge in [0.1, 0.15) is 0 Å². The number of aromatic nitrogens is 2. The van der Waals surface area contributed by atoms with E-state index in [4.69, 9.17) is 18.9 Å². The second kappa shape index (κ2) is 16.9. The molecule has 10 nitrogen and oxygen atoms in total. The number of urea groups is 1. The maximum Gasteiger partial charge on any atom is 0.321 e. The van der Waals surface area contributed by atoms with Gasteiger partial charge in [-0.2, -0.15) is 0 Å². The Labute approximate surface area is 171 Å². The fourth-order valence-corrected chi connectivity index (χ4v) is 2.28. The number of anilines is 1. The molecule has 166 valence electrons. The molecule has 0 bridgehead atoms. The maximum atomic E-state index is 11.7. The van der Waals surface area contributed by atoms with Crippen LogP contribution in [0, 0.1) is 0 Å². The molecular formula is C19H34N4O6. The first-order valence-corrected chi connectivity index (χ1v) is 10.0. The summed E-state index contributed by atoms with van der Waals surface area (Å²) in [5.74, 6) is 0.153. The summed E-state index contributed by atoms with van der Waals surface area (Å²) < 4.78 is 21.1. The SMILES string of the molecule is CCCNC(=O)Nc1nc(CCCCOCCOCCOCCOC)cc(=O)[nH]1. The van der Waals surface area contributed by atoms with Gasteiger partial charge < -0.3 is 24.3 Å². The monoisotopic (exact) mass is 414 g/mol. The van der Waals surface area contributed by atoms with Crippen molar-refractivity contribution in [1.29, 1.82) is 0 Å². The summed E-state index contributed by atoms with van der Waals surface area (Å²) in [6, 6.07) is 1.06. The van der Waals surface area contributed by atoms with Crippen LogP contribution in [0.2, 0.25) is 0 Å². The number of methoxy groups -OCH3 is 1. The standard InChI is InChI=1S/C19H34N4O6/c1-3-7-20-19(25)23-18-21-16(15-17(24)22-18)6-4-5-8-27-11-12-29-14-13-28-10-9-26-2/h15H,3-14H2,1-2H3,(H3,20,21,22,23,24,25). The predicted molar refractivity (Wildman–Crippen MR) is 109 cm³/mol. The summed E-state index contributed by atoms with van der Waals surface area (Å²) in [5, 5.41) is 5.20. The van der Waals surface area contributed by atoms with Crippen LogP contribution < -0.4 is 16.2 Å². The summed E-state index contributed by atoms with van der Waals surface area (Å²) in [4.78, 5) is 30.2. The number of amides is 2. The van der Waals surface area contributed by atoms with Gasteiger partial charge in [-0.15, -0.1) is 0 Å². The molecule has 1 aromatic heterocycles. The molecule has 1 aromatic rings. The predicted octanol–water partition coefficient (Wildman–Crippen LogP) is 1.32. The van der Waals surface area contributed by atoms with Crippen molar-refractivity contribution in [2.24, 2.45) is 0 Å². The summed E-state index contributed by atoms with van der Waals surface area (Å²) >= 11 is 0.